The van der Waals surface area contributed by atoms with Gasteiger partial charge in [0.1, 0.15) is 0 Å². The maximum Gasteiger partial charge on any atom is 0.414 e. The predicted octanol–water partition coefficient (Wildman–Crippen LogP) is 2.03. The third-order valence-corrected chi connectivity index (χ3v) is 1.65. The summed E-state index contributed by atoms with van der Waals surface area (Å²) in [6.45, 7) is 2.27. The lowest BCUT2D eigenvalue weighted by Crippen LogP contribution is -2.30. The van der Waals surface area contributed by atoms with Crippen LogP contribution in [0.15, 0.2) is 0 Å². The van der Waals surface area contributed by atoms with Gasteiger partial charge >= 0.3 is 6.18 Å². The lowest BCUT2D eigenvalue weighted by atomic mass is 10.1. The van der Waals surface area contributed by atoms with Gasteiger partial charge in [-0.05, 0) is 5.92 Å². The first-order valence-electron chi connectivity index (χ1n) is 4.32. The van der Waals surface area contributed by atoms with E-state index < -0.39 is 18.7 Å². The number of halogens is 3. The number of alkyl halides is 3. The molecule has 0 saturated heterocycles. The summed E-state index contributed by atoms with van der Waals surface area (Å²) >= 11 is 0. The molecule has 0 spiro atoms. The average Bonchev–Trinajstić information content (AvgIpc) is 2.01. The summed E-state index contributed by atoms with van der Waals surface area (Å²) in [5.41, 5.74) is 1.75. The maximum atomic E-state index is 11.6. The molecule has 0 aromatic rings. The van der Waals surface area contributed by atoms with E-state index in [-0.39, 0.29) is 12.3 Å². The number of nitrogens with one attached hydrogen (secondary N) is 1. The van der Waals surface area contributed by atoms with Crippen LogP contribution in [0.1, 0.15) is 26.7 Å². The van der Waals surface area contributed by atoms with Crippen LogP contribution in [0.2, 0.25) is 0 Å². The largest absolute Gasteiger partial charge is 0.414 e. The lowest BCUT2D eigenvalue weighted by molar-refractivity contribution is -0.191. The van der Waals surface area contributed by atoms with Crippen molar-refractivity contribution in [2.24, 2.45) is 5.92 Å². The Morgan fingerprint density at radius 1 is 1.50 bits per heavy atom. The number of hydrogen-bond acceptors (Lipinski definition) is 2. The first kappa shape index (κ1) is 13.2. The minimum Gasteiger partial charge on any atom is -0.273 e. The molecule has 0 aliphatic carbocycles. The summed E-state index contributed by atoms with van der Waals surface area (Å²) in [5.74, 6) is -0.381. The summed E-state index contributed by atoms with van der Waals surface area (Å²) < 4.78 is 34.7. The summed E-state index contributed by atoms with van der Waals surface area (Å²) in [5, 5.41) is 0. The van der Waals surface area contributed by atoms with Gasteiger partial charge in [-0.15, -0.1) is 0 Å². The van der Waals surface area contributed by atoms with Crippen LogP contribution < -0.4 is 5.48 Å². The van der Waals surface area contributed by atoms with Crippen LogP contribution in [0.5, 0.6) is 0 Å². The van der Waals surface area contributed by atoms with Crippen molar-refractivity contribution in [1.82, 2.24) is 5.48 Å². The van der Waals surface area contributed by atoms with E-state index in [0.29, 0.717) is 0 Å². The van der Waals surface area contributed by atoms with Crippen LogP contribution >= 0.6 is 0 Å². The molecule has 14 heavy (non-hydrogen) atoms. The summed E-state index contributed by atoms with van der Waals surface area (Å²) in [6, 6.07) is 0. The molecule has 0 fully saturated rings. The Balaban J connectivity index is 3.55. The van der Waals surface area contributed by atoms with Crippen molar-refractivity contribution in [3.63, 3.8) is 0 Å². The van der Waals surface area contributed by atoms with E-state index >= 15 is 0 Å². The minimum atomic E-state index is -4.41. The van der Waals surface area contributed by atoms with Gasteiger partial charge in [-0.25, -0.2) is 5.48 Å². The lowest BCUT2D eigenvalue weighted by Gasteiger charge is -2.10. The Bertz CT molecular complexity index is 182. The number of amides is 1. The van der Waals surface area contributed by atoms with Gasteiger partial charge in [-0.1, -0.05) is 20.3 Å². The molecule has 0 rings (SSSR count). The van der Waals surface area contributed by atoms with Gasteiger partial charge in [0.05, 0.1) is 0 Å². The molecule has 0 aromatic carbocycles. The summed E-state index contributed by atoms with van der Waals surface area (Å²) in [7, 11) is 0. The van der Waals surface area contributed by atoms with Gasteiger partial charge in [0.15, 0.2) is 6.61 Å². The zero-order valence-electron chi connectivity index (χ0n) is 8.15. The molecule has 0 heterocycles. The van der Waals surface area contributed by atoms with E-state index in [4.69, 9.17) is 0 Å². The van der Waals surface area contributed by atoms with Crippen molar-refractivity contribution in [3.8, 4) is 0 Å². The van der Waals surface area contributed by atoms with E-state index in [1.807, 2.05) is 13.8 Å². The molecule has 1 N–H and O–H groups in total. The fraction of sp³-hybridized carbons (Fsp3) is 0.875. The molecule has 0 aliphatic rings. The molecule has 0 aliphatic heterocycles. The highest BCUT2D eigenvalue weighted by atomic mass is 19.4. The molecule has 3 nitrogen and oxygen atoms in total. The Hall–Kier alpha value is -0.780. The number of carbonyl (C=O) groups is 1. The van der Waals surface area contributed by atoms with E-state index in [1.165, 1.54) is 0 Å². The quantitative estimate of drug-likeness (QED) is 0.709. The van der Waals surface area contributed by atoms with Gasteiger partial charge in [0.25, 0.3) is 0 Å². The van der Waals surface area contributed by atoms with E-state index in [2.05, 4.69) is 4.84 Å². The van der Waals surface area contributed by atoms with Crippen molar-refractivity contribution >= 4 is 5.91 Å². The molecule has 1 amide bonds. The predicted molar refractivity (Wildman–Crippen MR) is 44.2 cm³/mol. The molecule has 84 valence electrons. The van der Waals surface area contributed by atoms with E-state index in [1.54, 1.807) is 5.48 Å². The second-order valence-corrected chi connectivity index (χ2v) is 3.15. The molecular weight excluding hydrogens is 199 g/mol. The minimum absolute atomic E-state index is 0.143. The highest BCUT2D eigenvalue weighted by Gasteiger charge is 2.28. The van der Waals surface area contributed by atoms with Crippen molar-refractivity contribution in [2.45, 2.75) is 32.9 Å². The number of carbonyl (C=O) groups excluding carboxylic acids is 1. The highest BCUT2D eigenvalue weighted by molar-refractivity contribution is 5.74. The second-order valence-electron chi connectivity index (χ2n) is 3.15. The molecular formula is C8H14F3NO2. The zero-order chi connectivity index (χ0) is 11.2. The van der Waals surface area contributed by atoms with Crippen LogP contribution in [0, 0.1) is 5.92 Å². The average molecular weight is 213 g/mol. The van der Waals surface area contributed by atoms with Crippen molar-refractivity contribution in [3.05, 3.63) is 0 Å². The molecule has 0 aromatic heterocycles. The second kappa shape index (κ2) is 5.85. The van der Waals surface area contributed by atoms with Crippen LogP contribution in [0.4, 0.5) is 13.2 Å². The Kier molecular flexibility index (Phi) is 5.52. The molecule has 1 atom stereocenters. The van der Waals surface area contributed by atoms with Crippen molar-refractivity contribution in [2.75, 3.05) is 6.61 Å². The van der Waals surface area contributed by atoms with Gasteiger partial charge in [-0.3, -0.25) is 9.63 Å². The van der Waals surface area contributed by atoms with Crippen LogP contribution in [-0.2, 0) is 9.63 Å². The SMILES string of the molecule is CCC(C)CC(=O)NOCC(F)(F)F. The fourth-order valence-corrected chi connectivity index (χ4v) is 0.701. The van der Waals surface area contributed by atoms with E-state index in [0.717, 1.165) is 6.42 Å². The van der Waals surface area contributed by atoms with Gasteiger partial charge < -0.3 is 0 Å². The number of hydrogen-bond donors (Lipinski definition) is 1. The third-order valence-electron chi connectivity index (χ3n) is 1.65. The van der Waals surface area contributed by atoms with Crippen LogP contribution in [-0.4, -0.2) is 18.7 Å². The van der Waals surface area contributed by atoms with Crippen molar-refractivity contribution in [1.29, 1.82) is 0 Å². The standard InChI is InChI=1S/C8H14F3NO2/c1-3-6(2)4-7(13)12-14-5-8(9,10)11/h6H,3-5H2,1-2H3,(H,12,13). The summed E-state index contributed by atoms with van der Waals surface area (Å²) in [6.07, 6.45) is -3.44. The normalized spacial score (nSPS) is 13.8. The maximum absolute atomic E-state index is 11.6. The monoisotopic (exact) mass is 213 g/mol. The highest BCUT2D eigenvalue weighted by Crippen LogP contribution is 2.13. The first-order chi connectivity index (χ1) is 6.35. The Labute approximate surface area is 80.6 Å². The molecule has 6 heteroatoms. The van der Waals surface area contributed by atoms with Crippen molar-refractivity contribution < 1.29 is 22.8 Å². The third kappa shape index (κ3) is 7.85. The molecule has 0 saturated carbocycles. The summed E-state index contributed by atoms with van der Waals surface area (Å²) in [4.78, 5) is 14.9. The fourth-order valence-electron chi connectivity index (χ4n) is 0.701. The van der Waals surface area contributed by atoms with E-state index in [9.17, 15) is 18.0 Å². The number of hydroxylamine groups is 1. The first-order valence-corrected chi connectivity index (χ1v) is 4.32. The molecule has 0 radical (unpaired) electrons. The van der Waals surface area contributed by atoms with Crippen LogP contribution in [0.3, 0.4) is 0 Å². The zero-order valence-corrected chi connectivity index (χ0v) is 8.15. The molecule has 1 unspecified atom stereocenters. The van der Waals surface area contributed by atoms with Crippen LogP contribution in [0.25, 0.3) is 0 Å². The Morgan fingerprint density at radius 3 is 2.50 bits per heavy atom. The van der Waals surface area contributed by atoms with Gasteiger partial charge in [0.2, 0.25) is 5.91 Å². The Morgan fingerprint density at radius 2 is 2.07 bits per heavy atom. The van der Waals surface area contributed by atoms with Gasteiger partial charge in [-0.2, -0.15) is 13.2 Å². The topological polar surface area (TPSA) is 38.3 Å². The molecule has 0 bridgehead atoms. The smallest absolute Gasteiger partial charge is 0.273 e. The van der Waals surface area contributed by atoms with Gasteiger partial charge in [0, 0.05) is 6.42 Å². The number of rotatable bonds is 5.